The zero-order valence-corrected chi connectivity index (χ0v) is 20.9. The van der Waals surface area contributed by atoms with E-state index in [1.807, 2.05) is 6.07 Å². The van der Waals surface area contributed by atoms with E-state index in [4.69, 9.17) is 20.6 Å². The zero-order valence-electron chi connectivity index (χ0n) is 19.3. The van der Waals surface area contributed by atoms with Gasteiger partial charge in [0.2, 0.25) is 0 Å². The molecule has 0 spiro atoms. The molecule has 3 rings (SSSR count). The molecule has 0 aliphatic carbocycles. The molecule has 0 fully saturated rings. The maximum atomic E-state index is 15.2. The third-order valence-corrected chi connectivity index (χ3v) is 5.73. The van der Waals surface area contributed by atoms with Crippen molar-refractivity contribution in [3.05, 3.63) is 101 Å². The highest BCUT2D eigenvalue weighted by Gasteiger charge is 2.23. The Morgan fingerprint density at radius 2 is 1.74 bits per heavy atom. The second-order valence-corrected chi connectivity index (χ2v) is 8.24. The molecule has 182 valence electrons. The number of anilines is 1. The lowest BCUT2D eigenvalue weighted by Crippen LogP contribution is -2.34. The Labute approximate surface area is 211 Å². The molecule has 1 atom stereocenters. The van der Waals surface area contributed by atoms with E-state index in [1.54, 1.807) is 42.6 Å². The number of nitrogens with one attached hydrogen (secondary N) is 4. The van der Waals surface area contributed by atoms with Crippen LogP contribution in [0.15, 0.2) is 78.1 Å². The number of rotatable bonds is 11. The molecule has 35 heavy (non-hydrogen) atoms. The summed E-state index contributed by atoms with van der Waals surface area (Å²) >= 11 is 3.44. The van der Waals surface area contributed by atoms with Gasteiger partial charge in [-0.05, 0) is 58.4 Å². The number of halogens is 2. The Morgan fingerprint density at radius 3 is 2.34 bits per heavy atom. The number of amidine groups is 1. The average Bonchev–Trinajstić information content (AvgIpc) is 2.86. The number of pyridine rings is 1. The standard InChI is InChI=1S/C25H26BrFN6O2/c1-14(32-33-15(2)24-19(26)6-5-11-30-24)23(31-17-9-7-16(8-10-17)25(28)29)18-12-21(34-3)22(35-4)13-20(18)27/h5-13,23,31-33H,1-2H2,3-4H3,(H3,28,29). The van der Waals surface area contributed by atoms with Crippen LogP contribution in [0.3, 0.4) is 0 Å². The first-order chi connectivity index (χ1) is 16.7. The molecule has 0 aliphatic heterocycles. The molecular weight excluding hydrogens is 515 g/mol. The molecule has 0 saturated heterocycles. The van der Waals surface area contributed by atoms with Gasteiger partial charge in [0.25, 0.3) is 0 Å². The van der Waals surface area contributed by atoms with Crippen LogP contribution in [0.4, 0.5) is 10.1 Å². The number of nitrogen functional groups attached to an aromatic ring is 1. The first-order valence-electron chi connectivity index (χ1n) is 10.4. The molecule has 0 bridgehead atoms. The van der Waals surface area contributed by atoms with Crippen molar-refractivity contribution in [3.8, 4) is 11.5 Å². The Morgan fingerprint density at radius 1 is 1.09 bits per heavy atom. The Kier molecular flexibility index (Phi) is 8.32. The van der Waals surface area contributed by atoms with Gasteiger partial charge in [-0.15, -0.1) is 0 Å². The number of benzene rings is 2. The summed E-state index contributed by atoms with van der Waals surface area (Å²) in [6.07, 6.45) is 1.65. The van der Waals surface area contributed by atoms with Crippen LogP contribution in [0, 0.1) is 11.2 Å². The number of aromatic nitrogens is 1. The normalized spacial score (nSPS) is 11.2. The maximum absolute atomic E-state index is 15.2. The van der Waals surface area contributed by atoms with E-state index in [0.29, 0.717) is 34.1 Å². The van der Waals surface area contributed by atoms with Crippen LogP contribution >= 0.6 is 15.9 Å². The van der Waals surface area contributed by atoms with Crippen molar-refractivity contribution in [2.24, 2.45) is 5.73 Å². The molecular formula is C25H26BrFN6O2. The number of nitrogens with zero attached hydrogens (tertiary/aromatic N) is 1. The molecule has 0 radical (unpaired) electrons. The largest absolute Gasteiger partial charge is 0.493 e. The minimum Gasteiger partial charge on any atom is -0.493 e. The van der Waals surface area contributed by atoms with E-state index < -0.39 is 11.9 Å². The summed E-state index contributed by atoms with van der Waals surface area (Å²) in [5.41, 5.74) is 14.5. The number of hydrogen-bond donors (Lipinski definition) is 5. The molecule has 6 N–H and O–H groups in total. The quantitative estimate of drug-likeness (QED) is 0.136. The zero-order chi connectivity index (χ0) is 25.5. The van der Waals surface area contributed by atoms with E-state index in [2.05, 4.69) is 50.2 Å². The summed E-state index contributed by atoms with van der Waals surface area (Å²) in [6, 6.07) is 12.6. The molecule has 0 amide bonds. The third-order valence-electron chi connectivity index (χ3n) is 5.09. The number of ether oxygens (including phenoxy) is 2. The predicted molar refractivity (Wildman–Crippen MR) is 140 cm³/mol. The molecule has 10 heteroatoms. The Hall–Kier alpha value is -4.05. The van der Waals surface area contributed by atoms with Gasteiger partial charge in [0.05, 0.1) is 31.7 Å². The van der Waals surface area contributed by atoms with Gasteiger partial charge in [0.1, 0.15) is 17.3 Å². The van der Waals surface area contributed by atoms with Crippen LogP contribution in [-0.4, -0.2) is 25.0 Å². The Balaban J connectivity index is 1.91. The van der Waals surface area contributed by atoms with E-state index >= 15 is 4.39 Å². The van der Waals surface area contributed by atoms with Crippen molar-refractivity contribution in [3.63, 3.8) is 0 Å². The van der Waals surface area contributed by atoms with E-state index in [0.717, 1.165) is 4.47 Å². The van der Waals surface area contributed by atoms with Crippen molar-refractivity contribution >= 4 is 33.1 Å². The fourth-order valence-corrected chi connectivity index (χ4v) is 3.75. The topological polar surface area (TPSA) is 117 Å². The first kappa shape index (κ1) is 25.6. The molecule has 1 aromatic heterocycles. The lowest BCUT2D eigenvalue weighted by Gasteiger charge is -2.26. The lowest BCUT2D eigenvalue weighted by atomic mass is 10.0. The van der Waals surface area contributed by atoms with Crippen LogP contribution < -0.4 is 31.4 Å². The molecule has 3 aromatic rings. The van der Waals surface area contributed by atoms with Crippen molar-refractivity contribution in [2.75, 3.05) is 19.5 Å². The average molecular weight is 541 g/mol. The van der Waals surface area contributed by atoms with Gasteiger partial charge in [-0.25, -0.2) is 4.39 Å². The summed E-state index contributed by atoms with van der Waals surface area (Å²) in [5, 5.41) is 10.8. The highest BCUT2D eigenvalue weighted by atomic mass is 79.9. The maximum Gasteiger partial charge on any atom is 0.163 e. The van der Waals surface area contributed by atoms with E-state index in [-0.39, 0.29) is 17.1 Å². The number of methoxy groups -OCH3 is 2. The van der Waals surface area contributed by atoms with Crippen molar-refractivity contribution in [2.45, 2.75) is 6.04 Å². The van der Waals surface area contributed by atoms with Crippen LogP contribution in [0.2, 0.25) is 0 Å². The fourth-order valence-electron chi connectivity index (χ4n) is 3.25. The van der Waals surface area contributed by atoms with E-state index in [9.17, 15) is 0 Å². The van der Waals surface area contributed by atoms with Gasteiger partial charge in [0, 0.05) is 33.6 Å². The minimum absolute atomic E-state index is 0.0477. The van der Waals surface area contributed by atoms with Crippen molar-refractivity contribution in [1.82, 2.24) is 15.8 Å². The van der Waals surface area contributed by atoms with Crippen LogP contribution in [0.25, 0.3) is 5.70 Å². The van der Waals surface area contributed by atoms with Gasteiger partial charge in [0.15, 0.2) is 11.5 Å². The molecule has 0 saturated carbocycles. The smallest absolute Gasteiger partial charge is 0.163 e. The highest BCUT2D eigenvalue weighted by Crippen LogP contribution is 2.35. The van der Waals surface area contributed by atoms with Crippen molar-refractivity contribution in [1.29, 1.82) is 5.41 Å². The Bertz CT molecular complexity index is 1250. The van der Waals surface area contributed by atoms with Crippen LogP contribution in [-0.2, 0) is 0 Å². The van der Waals surface area contributed by atoms with Crippen LogP contribution in [0.5, 0.6) is 11.5 Å². The van der Waals surface area contributed by atoms with Gasteiger partial charge in [-0.2, -0.15) is 0 Å². The highest BCUT2D eigenvalue weighted by molar-refractivity contribution is 9.10. The number of hydrazine groups is 1. The monoisotopic (exact) mass is 540 g/mol. The first-order valence-corrected chi connectivity index (χ1v) is 11.2. The number of nitrogens with two attached hydrogens (primary N) is 1. The SMILES string of the molecule is C=C(NNC(=C)C(Nc1ccc(C(=N)N)cc1)c1cc(OC)c(OC)cc1F)c1ncccc1Br. The second-order valence-electron chi connectivity index (χ2n) is 7.38. The summed E-state index contributed by atoms with van der Waals surface area (Å²) in [6.45, 7) is 8.10. The molecule has 1 heterocycles. The second kappa shape index (κ2) is 11.4. The van der Waals surface area contributed by atoms with Gasteiger partial charge >= 0.3 is 0 Å². The third kappa shape index (κ3) is 6.10. The fraction of sp³-hybridized carbons (Fsp3) is 0.120. The van der Waals surface area contributed by atoms with Gasteiger partial charge in [-0.3, -0.25) is 15.8 Å². The predicted octanol–water partition coefficient (Wildman–Crippen LogP) is 4.72. The van der Waals surface area contributed by atoms with Gasteiger partial charge in [-0.1, -0.05) is 13.2 Å². The summed E-state index contributed by atoms with van der Waals surface area (Å²) in [7, 11) is 2.92. The summed E-state index contributed by atoms with van der Waals surface area (Å²) < 4.78 is 26.6. The summed E-state index contributed by atoms with van der Waals surface area (Å²) in [4.78, 5) is 4.29. The van der Waals surface area contributed by atoms with Crippen molar-refractivity contribution < 1.29 is 13.9 Å². The summed E-state index contributed by atoms with van der Waals surface area (Å²) in [5.74, 6) is 0.0665. The van der Waals surface area contributed by atoms with Gasteiger partial charge < -0.3 is 25.9 Å². The molecule has 1 unspecified atom stereocenters. The van der Waals surface area contributed by atoms with Crippen LogP contribution in [0.1, 0.15) is 22.9 Å². The lowest BCUT2D eigenvalue weighted by molar-refractivity contribution is 0.351. The molecule has 8 nitrogen and oxygen atoms in total. The van der Waals surface area contributed by atoms with E-state index in [1.165, 1.54) is 20.3 Å². The molecule has 0 aliphatic rings. The number of hydrogen-bond acceptors (Lipinski definition) is 7. The molecule has 2 aromatic carbocycles. The minimum atomic E-state index is -0.745.